The summed E-state index contributed by atoms with van der Waals surface area (Å²) in [5.41, 5.74) is 8.32. The van der Waals surface area contributed by atoms with Crippen molar-refractivity contribution in [1.82, 2.24) is 0 Å². The third kappa shape index (κ3) is 6.68. The minimum Gasteiger partial charge on any atom is -0.467 e. The van der Waals surface area contributed by atoms with Crippen molar-refractivity contribution in [2.45, 2.75) is 51.5 Å². The first-order valence-electron chi connectivity index (χ1n) is 8.08. The largest absolute Gasteiger partial charge is 0.467 e. The van der Waals surface area contributed by atoms with Crippen LogP contribution < -0.4 is 0 Å². The first kappa shape index (κ1) is 23.1. The van der Waals surface area contributed by atoms with Crippen LogP contribution in [0.2, 0.25) is 0 Å². The van der Waals surface area contributed by atoms with Crippen LogP contribution in [0.1, 0.15) is 20.8 Å². The fourth-order valence-corrected chi connectivity index (χ4v) is 2.47. The summed E-state index contributed by atoms with van der Waals surface area (Å²) in [7, 11) is 1.08. The van der Waals surface area contributed by atoms with Crippen molar-refractivity contribution in [3.05, 3.63) is 10.4 Å². The molecule has 0 N–H and O–H groups in total. The molecule has 28 heavy (non-hydrogen) atoms. The molecule has 0 radical (unpaired) electrons. The van der Waals surface area contributed by atoms with E-state index in [0.29, 0.717) is 0 Å². The number of ether oxygens (including phenoxy) is 6. The Hall–Kier alpha value is -2.89. The van der Waals surface area contributed by atoms with Gasteiger partial charge in [0.1, 0.15) is 0 Å². The summed E-state index contributed by atoms with van der Waals surface area (Å²) in [5, 5.41) is 3.28. The number of rotatable bonds is 8. The van der Waals surface area contributed by atoms with Gasteiger partial charge in [0.2, 0.25) is 0 Å². The number of methoxy groups -OCH3 is 1. The van der Waals surface area contributed by atoms with Crippen LogP contribution in [0.25, 0.3) is 10.4 Å². The van der Waals surface area contributed by atoms with Crippen LogP contribution in [0.3, 0.4) is 0 Å². The number of hydrogen-bond acceptors (Lipinski definition) is 11. The fraction of sp³-hybridized carbons (Fsp3) is 0.733. The van der Waals surface area contributed by atoms with Crippen molar-refractivity contribution in [3.8, 4) is 0 Å². The Balaban J connectivity index is 3.28. The van der Waals surface area contributed by atoms with Crippen LogP contribution in [-0.2, 0) is 47.6 Å². The summed E-state index contributed by atoms with van der Waals surface area (Å²) in [6.45, 7) is 3.00. The Kier molecular flexibility index (Phi) is 9.15. The molecule has 0 aliphatic carbocycles. The van der Waals surface area contributed by atoms with Crippen LogP contribution in [0.5, 0.6) is 0 Å². The minimum absolute atomic E-state index is 0.0857. The van der Waals surface area contributed by atoms with E-state index in [-0.39, 0.29) is 13.2 Å². The highest BCUT2D eigenvalue weighted by Crippen LogP contribution is 2.30. The molecule has 0 aromatic carbocycles. The fourth-order valence-electron chi connectivity index (χ4n) is 2.47. The van der Waals surface area contributed by atoms with Gasteiger partial charge >= 0.3 is 23.9 Å². The average molecular weight is 403 g/mol. The van der Waals surface area contributed by atoms with Crippen LogP contribution in [-0.4, -0.2) is 74.8 Å². The van der Waals surface area contributed by atoms with Gasteiger partial charge in [0.25, 0.3) is 0 Å². The van der Waals surface area contributed by atoms with Crippen molar-refractivity contribution in [2.75, 3.05) is 20.3 Å². The molecular formula is C15H21N3O10. The number of hydrogen-bond donors (Lipinski definition) is 0. The van der Waals surface area contributed by atoms with E-state index in [1.807, 2.05) is 0 Å². The lowest BCUT2D eigenvalue weighted by Crippen LogP contribution is -2.63. The van der Waals surface area contributed by atoms with Gasteiger partial charge in [-0.1, -0.05) is 5.11 Å². The normalized spacial score (nSPS) is 26.4. The first-order valence-corrected chi connectivity index (χ1v) is 8.08. The van der Waals surface area contributed by atoms with Crippen LogP contribution >= 0.6 is 0 Å². The Morgan fingerprint density at radius 1 is 0.964 bits per heavy atom. The maximum atomic E-state index is 12.1. The highest BCUT2D eigenvalue weighted by atomic mass is 16.7. The maximum absolute atomic E-state index is 12.1. The van der Waals surface area contributed by atoms with Crippen molar-refractivity contribution >= 4 is 23.9 Å². The lowest BCUT2D eigenvalue weighted by atomic mass is 9.97. The molecule has 1 fully saturated rings. The van der Waals surface area contributed by atoms with E-state index in [1.165, 1.54) is 0 Å². The molecule has 0 bridgehead atoms. The molecular weight excluding hydrogens is 382 g/mol. The van der Waals surface area contributed by atoms with E-state index in [1.54, 1.807) is 0 Å². The number of carbonyl (C=O) groups is 4. The Morgan fingerprint density at radius 3 is 2.00 bits per heavy atom. The van der Waals surface area contributed by atoms with Gasteiger partial charge in [0.15, 0.2) is 30.7 Å². The maximum Gasteiger partial charge on any atom is 0.339 e. The second-order valence-electron chi connectivity index (χ2n) is 5.50. The summed E-state index contributed by atoms with van der Waals surface area (Å²) >= 11 is 0. The summed E-state index contributed by atoms with van der Waals surface area (Å²) in [4.78, 5) is 49.3. The lowest BCUT2D eigenvalue weighted by molar-refractivity contribution is -0.301. The zero-order chi connectivity index (χ0) is 21.3. The topological polar surface area (TPSA) is 172 Å². The highest BCUT2D eigenvalue weighted by Gasteiger charge is 2.55. The van der Waals surface area contributed by atoms with Crippen molar-refractivity contribution < 1.29 is 47.6 Å². The van der Waals surface area contributed by atoms with Gasteiger partial charge in [0.05, 0.1) is 13.7 Å². The number of azide groups is 1. The van der Waals surface area contributed by atoms with Gasteiger partial charge in [-0.05, 0) is 5.53 Å². The molecule has 0 amide bonds. The van der Waals surface area contributed by atoms with E-state index in [9.17, 15) is 19.2 Å². The zero-order valence-corrected chi connectivity index (χ0v) is 15.7. The molecule has 156 valence electrons. The van der Waals surface area contributed by atoms with Crippen molar-refractivity contribution in [1.29, 1.82) is 0 Å². The smallest absolute Gasteiger partial charge is 0.339 e. The van der Waals surface area contributed by atoms with Gasteiger partial charge in [-0.25, -0.2) is 4.79 Å². The molecule has 1 aliphatic heterocycles. The predicted octanol–water partition coefficient (Wildman–Crippen LogP) is 0.00630. The molecule has 0 aromatic heterocycles. The standard InChI is InChI=1S/C15H21N3O10/c1-7(19)25-10-11(26-8(2)20)13(27-9(3)21)15(24-6-5-17-18-16)28-12(10)14(22)23-4/h10-13,15H,5-6H2,1-4H3/t10-,11+,12?,13?,15-/m1/s1. The molecule has 1 rings (SSSR count). The second-order valence-corrected chi connectivity index (χ2v) is 5.50. The molecule has 2 unspecified atom stereocenters. The SMILES string of the molecule is COC(=O)C1O[C@@H](OCCN=[N+]=[N-])C(OC(C)=O)[C@@H](OC(C)=O)[C@H]1OC(C)=O. The molecule has 0 aromatic rings. The van der Waals surface area contributed by atoms with Gasteiger partial charge < -0.3 is 28.4 Å². The number of carbonyl (C=O) groups excluding carboxylic acids is 4. The van der Waals surface area contributed by atoms with Crippen LogP contribution in [0.4, 0.5) is 0 Å². The lowest BCUT2D eigenvalue weighted by Gasteiger charge is -2.43. The number of esters is 4. The molecule has 13 nitrogen and oxygen atoms in total. The zero-order valence-electron chi connectivity index (χ0n) is 15.7. The van der Waals surface area contributed by atoms with Gasteiger partial charge in [-0.15, -0.1) is 0 Å². The molecule has 5 atom stereocenters. The minimum atomic E-state index is -1.53. The molecule has 1 heterocycles. The van der Waals surface area contributed by atoms with E-state index in [2.05, 4.69) is 14.8 Å². The van der Waals surface area contributed by atoms with E-state index >= 15 is 0 Å². The molecule has 1 saturated heterocycles. The van der Waals surface area contributed by atoms with E-state index in [4.69, 9.17) is 29.2 Å². The molecule has 13 heteroatoms. The van der Waals surface area contributed by atoms with Crippen molar-refractivity contribution in [3.63, 3.8) is 0 Å². The molecule has 0 saturated carbocycles. The quantitative estimate of drug-likeness (QED) is 0.134. The van der Waals surface area contributed by atoms with E-state index < -0.39 is 54.6 Å². The summed E-state index contributed by atoms with van der Waals surface area (Å²) in [5.74, 6) is -3.30. The number of nitrogens with zero attached hydrogens (tertiary/aromatic N) is 3. The second kappa shape index (κ2) is 11.1. The van der Waals surface area contributed by atoms with Gasteiger partial charge in [-0.2, -0.15) is 0 Å². The Bertz CT molecular complexity index is 648. The first-order chi connectivity index (χ1) is 13.2. The van der Waals surface area contributed by atoms with Crippen LogP contribution in [0, 0.1) is 0 Å². The summed E-state index contributed by atoms with van der Waals surface area (Å²) < 4.78 is 30.9. The van der Waals surface area contributed by atoms with Crippen LogP contribution in [0.15, 0.2) is 5.11 Å². The highest BCUT2D eigenvalue weighted by molar-refractivity contribution is 5.77. The third-order valence-electron chi connectivity index (χ3n) is 3.37. The Morgan fingerprint density at radius 2 is 1.50 bits per heavy atom. The molecule has 0 spiro atoms. The monoisotopic (exact) mass is 403 g/mol. The van der Waals surface area contributed by atoms with Crippen molar-refractivity contribution in [2.24, 2.45) is 5.11 Å². The third-order valence-corrected chi connectivity index (χ3v) is 3.37. The van der Waals surface area contributed by atoms with Gasteiger partial charge in [0, 0.05) is 32.2 Å². The molecule has 1 aliphatic rings. The Labute approximate surface area is 159 Å². The average Bonchev–Trinajstić information content (AvgIpc) is 2.61. The summed E-state index contributed by atoms with van der Waals surface area (Å²) in [6.07, 6.45) is -7.20. The summed E-state index contributed by atoms with van der Waals surface area (Å²) in [6, 6.07) is 0. The van der Waals surface area contributed by atoms with E-state index in [0.717, 1.165) is 27.9 Å². The van der Waals surface area contributed by atoms with Gasteiger partial charge in [-0.3, -0.25) is 14.4 Å². The predicted molar refractivity (Wildman–Crippen MR) is 87.3 cm³/mol.